The van der Waals surface area contributed by atoms with Crippen LogP contribution in [0, 0.1) is 4.84 Å². The minimum atomic E-state index is 0.405. The second-order valence-corrected chi connectivity index (χ2v) is 5.50. The first-order chi connectivity index (χ1) is 10.8. The maximum absolute atomic E-state index is 5.62. The van der Waals surface area contributed by atoms with E-state index in [2.05, 4.69) is 5.10 Å². The summed E-state index contributed by atoms with van der Waals surface area (Å²) in [6, 6.07) is 7.67. The van der Waals surface area contributed by atoms with Crippen molar-refractivity contribution in [3.8, 4) is 17.2 Å². The van der Waals surface area contributed by atoms with Crippen molar-refractivity contribution in [3.63, 3.8) is 0 Å². The molecule has 1 aromatic heterocycles. The van der Waals surface area contributed by atoms with Gasteiger partial charge in [-0.1, -0.05) is 0 Å². The van der Waals surface area contributed by atoms with Crippen LogP contribution in [0.5, 0.6) is 5.75 Å². The molecular weight excluding hydrogens is 302 g/mol. The van der Waals surface area contributed by atoms with E-state index >= 15 is 0 Å². The summed E-state index contributed by atoms with van der Waals surface area (Å²) >= 11 is 5.27. The van der Waals surface area contributed by atoms with Gasteiger partial charge in [0.1, 0.15) is 18.8 Å². The third-order valence-corrected chi connectivity index (χ3v) is 3.89. The van der Waals surface area contributed by atoms with E-state index in [0.29, 0.717) is 24.0 Å². The summed E-state index contributed by atoms with van der Waals surface area (Å²) in [5, 5.41) is 4.49. The Morgan fingerprint density at radius 1 is 1.27 bits per heavy atom. The number of rotatable bonds is 5. The third-order valence-electron chi connectivity index (χ3n) is 3.59. The molecule has 0 amide bonds. The smallest absolute Gasteiger partial charge is 0.292 e. The fourth-order valence-corrected chi connectivity index (χ4v) is 2.60. The lowest BCUT2D eigenvalue weighted by Gasteiger charge is -2.22. The lowest BCUT2D eigenvalue weighted by molar-refractivity contribution is -0.931. The van der Waals surface area contributed by atoms with E-state index in [0.717, 1.165) is 37.6 Å². The molecule has 1 fully saturated rings. The largest absolute Gasteiger partial charge is 0.494 e. The van der Waals surface area contributed by atoms with Crippen molar-refractivity contribution in [1.29, 1.82) is 0 Å². The summed E-state index contributed by atoms with van der Waals surface area (Å²) in [6.07, 6.45) is 0. The number of aromatic nitrogens is 2. The zero-order chi connectivity index (χ0) is 15.4. The third kappa shape index (κ3) is 3.55. The number of nitrogens with zero attached hydrogens (tertiary/aromatic N) is 2. The number of morpholine rings is 1. The van der Waals surface area contributed by atoms with E-state index in [1.807, 2.05) is 31.2 Å². The second kappa shape index (κ2) is 7.04. The van der Waals surface area contributed by atoms with Crippen LogP contribution in [0.2, 0.25) is 0 Å². The highest BCUT2D eigenvalue weighted by Crippen LogP contribution is 2.21. The molecule has 0 radical (unpaired) electrons. The summed E-state index contributed by atoms with van der Waals surface area (Å²) in [5.41, 5.74) is 0.894. The summed E-state index contributed by atoms with van der Waals surface area (Å²) in [6.45, 7) is 6.82. The molecule has 1 aliphatic rings. The zero-order valence-corrected chi connectivity index (χ0v) is 13.4. The minimum absolute atomic E-state index is 0.405. The predicted molar refractivity (Wildman–Crippen MR) is 83.4 cm³/mol. The van der Waals surface area contributed by atoms with Gasteiger partial charge in [-0.15, -0.1) is 5.10 Å². The van der Waals surface area contributed by atoms with Crippen molar-refractivity contribution in [1.82, 2.24) is 9.78 Å². The van der Waals surface area contributed by atoms with Crippen LogP contribution in [0.4, 0.5) is 0 Å². The molecular formula is C15H20N3O3S+. The van der Waals surface area contributed by atoms with Gasteiger partial charge in [0.05, 0.1) is 19.8 Å². The van der Waals surface area contributed by atoms with E-state index in [1.54, 1.807) is 4.68 Å². The first-order valence-corrected chi connectivity index (χ1v) is 7.89. The molecule has 0 aliphatic carbocycles. The van der Waals surface area contributed by atoms with Gasteiger partial charge in [0.2, 0.25) is 5.89 Å². The van der Waals surface area contributed by atoms with Crippen LogP contribution in [0.25, 0.3) is 11.5 Å². The van der Waals surface area contributed by atoms with Crippen LogP contribution in [-0.2, 0) is 11.4 Å². The quantitative estimate of drug-likeness (QED) is 0.837. The maximum atomic E-state index is 5.62. The van der Waals surface area contributed by atoms with Gasteiger partial charge in [-0.25, -0.2) is 0 Å². The molecule has 0 bridgehead atoms. The van der Waals surface area contributed by atoms with Gasteiger partial charge < -0.3 is 18.8 Å². The number of hydrogen-bond acceptors (Lipinski definition) is 5. The number of hydrogen-bond donors (Lipinski definition) is 1. The highest BCUT2D eigenvalue weighted by atomic mass is 32.1. The lowest BCUT2D eigenvalue weighted by Crippen LogP contribution is -3.13. The molecule has 2 heterocycles. The molecule has 0 unspecified atom stereocenters. The van der Waals surface area contributed by atoms with E-state index < -0.39 is 0 Å². The van der Waals surface area contributed by atoms with Crippen LogP contribution in [-0.4, -0.2) is 42.7 Å². The molecule has 2 aromatic rings. The lowest BCUT2D eigenvalue weighted by atomic mass is 10.2. The fourth-order valence-electron chi connectivity index (χ4n) is 2.41. The topological polar surface area (TPSA) is 53.9 Å². The van der Waals surface area contributed by atoms with Crippen molar-refractivity contribution >= 4 is 12.2 Å². The highest BCUT2D eigenvalue weighted by Gasteiger charge is 2.17. The van der Waals surface area contributed by atoms with E-state index in [9.17, 15) is 0 Å². The number of benzene rings is 1. The molecule has 1 aromatic carbocycles. The first-order valence-electron chi connectivity index (χ1n) is 7.49. The highest BCUT2D eigenvalue weighted by molar-refractivity contribution is 7.71. The average molecular weight is 322 g/mol. The standard InChI is InChI=1S/C15H19N3O3S/c1-2-20-13-5-3-12(4-6-13)14-16-18(15(22)21-14)11-17-7-9-19-10-8-17/h3-6H,2,7-11H2,1H3/p+1. The van der Waals surface area contributed by atoms with Crippen LogP contribution in [0.15, 0.2) is 28.7 Å². The molecule has 118 valence electrons. The number of nitrogens with one attached hydrogen (secondary N) is 1. The Labute approximate surface area is 134 Å². The molecule has 7 heteroatoms. The Hall–Kier alpha value is -1.70. The number of ether oxygens (including phenoxy) is 2. The van der Waals surface area contributed by atoms with Crippen molar-refractivity contribution < 1.29 is 18.8 Å². The Kier molecular flexibility index (Phi) is 4.87. The monoisotopic (exact) mass is 322 g/mol. The maximum Gasteiger partial charge on any atom is 0.292 e. The van der Waals surface area contributed by atoms with Crippen molar-refractivity contribution in [2.45, 2.75) is 13.6 Å². The molecule has 0 spiro atoms. The average Bonchev–Trinajstić information content (AvgIpc) is 2.90. The second-order valence-electron chi connectivity index (χ2n) is 5.15. The van der Waals surface area contributed by atoms with Crippen LogP contribution in [0.3, 0.4) is 0 Å². The van der Waals surface area contributed by atoms with Crippen LogP contribution < -0.4 is 9.64 Å². The molecule has 1 saturated heterocycles. The van der Waals surface area contributed by atoms with Gasteiger partial charge >= 0.3 is 0 Å². The summed E-state index contributed by atoms with van der Waals surface area (Å²) < 4.78 is 18.2. The van der Waals surface area contributed by atoms with Gasteiger partial charge in [-0.3, -0.25) is 0 Å². The number of quaternary nitrogens is 1. The summed E-state index contributed by atoms with van der Waals surface area (Å²) in [4.78, 5) is 1.80. The minimum Gasteiger partial charge on any atom is -0.494 e. The van der Waals surface area contributed by atoms with E-state index in [4.69, 9.17) is 26.1 Å². The Balaban J connectivity index is 1.74. The van der Waals surface area contributed by atoms with Gasteiger partial charge in [-0.05, 0) is 43.4 Å². The van der Waals surface area contributed by atoms with Gasteiger partial charge in [0.15, 0.2) is 6.67 Å². The van der Waals surface area contributed by atoms with E-state index in [-0.39, 0.29) is 0 Å². The summed E-state index contributed by atoms with van der Waals surface area (Å²) in [7, 11) is 0. The van der Waals surface area contributed by atoms with Crippen LogP contribution in [0.1, 0.15) is 6.92 Å². The van der Waals surface area contributed by atoms with Crippen molar-refractivity contribution in [3.05, 3.63) is 29.1 Å². The van der Waals surface area contributed by atoms with E-state index in [1.165, 1.54) is 4.90 Å². The summed E-state index contributed by atoms with van der Waals surface area (Å²) in [5.74, 6) is 1.38. The normalized spacial score (nSPS) is 15.9. The van der Waals surface area contributed by atoms with Crippen molar-refractivity contribution in [2.24, 2.45) is 0 Å². The molecule has 1 aliphatic heterocycles. The van der Waals surface area contributed by atoms with Gasteiger partial charge in [0.25, 0.3) is 4.84 Å². The Bertz CT molecular complexity index is 659. The molecule has 0 atom stereocenters. The molecule has 6 nitrogen and oxygen atoms in total. The Morgan fingerprint density at radius 3 is 2.68 bits per heavy atom. The van der Waals surface area contributed by atoms with Gasteiger partial charge in [0, 0.05) is 5.56 Å². The molecule has 1 N–H and O–H groups in total. The Morgan fingerprint density at radius 2 is 2.00 bits per heavy atom. The van der Waals surface area contributed by atoms with Crippen LogP contribution >= 0.6 is 12.2 Å². The SMILES string of the molecule is CCOc1ccc(-c2nn(C[NH+]3CCOCC3)c(=S)o2)cc1. The first kappa shape index (κ1) is 15.2. The van der Waals surface area contributed by atoms with Crippen molar-refractivity contribution in [2.75, 3.05) is 32.9 Å². The molecule has 3 rings (SSSR count). The molecule has 22 heavy (non-hydrogen) atoms. The van der Waals surface area contributed by atoms with Gasteiger partial charge in [-0.2, -0.15) is 4.68 Å². The fraction of sp³-hybridized carbons (Fsp3) is 0.467. The zero-order valence-electron chi connectivity index (χ0n) is 12.6. The predicted octanol–water partition coefficient (Wildman–Crippen LogP) is 1.14. The molecule has 0 saturated carbocycles.